The molecule has 0 radical (unpaired) electrons. The number of nitrogens with zero attached hydrogens (tertiary/aromatic N) is 6. The van der Waals surface area contributed by atoms with E-state index in [4.69, 9.17) is 0 Å². The number of hydrogen-bond acceptors (Lipinski definition) is 8. The molecule has 0 spiro atoms. The van der Waals surface area contributed by atoms with Crippen LogP contribution in [0, 0.1) is 0 Å². The van der Waals surface area contributed by atoms with E-state index < -0.39 is 17.1 Å². The maximum atomic E-state index is 11.6. The Labute approximate surface area is 173 Å². The second-order valence-corrected chi connectivity index (χ2v) is 7.00. The molecule has 30 heavy (non-hydrogen) atoms. The first-order valence-corrected chi connectivity index (χ1v) is 9.95. The van der Waals surface area contributed by atoms with Crippen molar-refractivity contribution in [2.75, 3.05) is 10.6 Å². The fourth-order valence-corrected chi connectivity index (χ4v) is 3.09. The molecular weight excluding hydrogens is 406 g/mol. The van der Waals surface area contributed by atoms with Gasteiger partial charge in [0.15, 0.2) is 22.3 Å². The third kappa shape index (κ3) is 4.29. The molecular formula is C18H17N9O2S. The van der Waals surface area contributed by atoms with Crippen molar-refractivity contribution in [3.8, 4) is 0 Å². The fourth-order valence-electron chi connectivity index (χ4n) is 2.68. The number of aliphatic imine (C=N–C) groups is 1. The summed E-state index contributed by atoms with van der Waals surface area (Å²) in [5.41, 5.74) is 1.97. The zero-order valence-corrected chi connectivity index (χ0v) is 16.5. The summed E-state index contributed by atoms with van der Waals surface area (Å²) in [7, 11) is 0. The van der Waals surface area contributed by atoms with Crippen molar-refractivity contribution in [1.82, 2.24) is 29.9 Å². The van der Waals surface area contributed by atoms with Gasteiger partial charge in [-0.25, -0.2) is 34.1 Å². The fraction of sp³-hybridized carbons (Fsp3) is 0.111. The third-order valence-corrected chi connectivity index (χ3v) is 4.69. The van der Waals surface area contributed by atoms with Crippen LogP contribution in [0.1, 0.15) is 6.92 Å². The van der Waals surface area contributed by atoms with Gasteiger partial charge in [-0.15, -0.1) is 0 Å². The van der Waals surface area contributed by atoms with Crippen molar-refractivity contribution in [1.29, 1.82) is 0 Å². The Balaban J connectivity index is 1.71. The predicted octanol–water partition coefficient (Wildman–Crippen LogP) is 2.37. The quantitative estimate of drug-likeness (QED) is 0.208. The third-order valence-electron chi connectivity index (χ3n) is 4.07. The SMILES string of the molecule is CC(Nc1ncnc2nc[nH]c12)C(=Nc1nccnc1S(=O)O)Nc1ccccc1. The summed E-state index contributed by atoms with van der Waals surface area (Å²) in [6.07, 6.45) is 5.69. The second kappa shape index (κ2) is 8.71. The van der Waals surface area contributed by atoms with E-state index in [1.165, 1.54) is 25.0 Å². The first-order valence-electron chi connectivity index (χ1n) is 8.85. The van der Waals surface area contributed by atoms with Crippen LogP contribution in [-0.4, -0.2) is 50.5 Å². The van der Waals surface area contributed by atoms with E-state index in [0.717, 1.165) is 5.69 Å². The van der Waals surface area contributed by atoms with Gasteiger partial charge in [0.1, 0.15) is 17.7 Å². The summed E-state index contributed by atoms with van der Waals surface area (Å²) in [4.78, 5) is 28.0. The van der Waals surface area contributed by atoms with Gasteiger partial charge in [-0.3, -0.25) is 0 Å². The molecule has 0 fully saturated rings. The van der Waals surface area contributed by atoms with E-state index in [2.05, 4.69) is 45.5 Å². The first-order chi connectivity index (χ1) is 14.6. The number of H-pyrrole nitrogens is 1. The van der Waals surface area contributed by atoms with E-state index in [1.807, 2.05) is 37.3 Å². The molecule has 0 aliphatic carbocycles. The Morgan fingerprint density at radius 1 is 1.13 bits per heavy atom. The highest BCUT2D eigenvalue weighted by Crippen LogP contribution is 2.20. The number of benzene rings is 1. The van der Waals surface area contributed by atoms with Crippen molar-refractivity contribution < 1.29 is 8.76 Å². The van der Waals surface area contributed by atoms with Crippen LogP contribution in [0.25, 0.3) is 11.2 Å². The number of aromatic nitrogens is 6. The predicted molar refractivity (Wildman–Crippen MR) is 113 cm³/mol. The number of amidine groups is 1. The van der Waals surface area contributed by atoms with Gasteiger partial charge in [-0.1, -0.05) is 18.2 Å². The molecule has 0 aliphatic rings. The average molecular weight is 423 g/mol. The van der Waals surface area contributed by atoms with Crippen LogP contribution in [0.3, 0.4) is 0 Å². The summed E-state index contributed by atoms with van der Waals surface area (Å²) in [6.45, 7) is 1.87. The molecule has 0 saturated heterocycles. The molecule has 152 valence electrons. The van der Waals surface area contributed by atoms with Gasteiger partial charge >= 0.3 is 0 Å². The molecule has 1 aromatic carbocycles. The van der Waals surface area contributed by atoms with Crippen LogP contribution in [0.4, 0.5) is 17.3 Å². The molecule has 11 nitrogen and oxygen atoms in total. The van der Waals surface area contributed by atoms with Crippen LogP contribution in [0.5, 0.6) is 0 Å². The molecule has 3 aromatic heterocycles. The van der Waals surface area contributed by atoms with Crippen molar-refractivity contribution in [3.05, 3.63) is 55.4 Å². The summed E-state index contributed by atoms with van der Waals surface area (Å²) in [6, 6.07) is 9.02. The number of hydrogen-bond donors (Lipinski definition) is 4. The normalized spacial score (nSPS) is 13.7. The van der Waals surface area contributed by atoms with Crippen LogP contribution in [0.2, 0.25) is 0 Å². The zero-order chi connectivity index (χ0) is 20.9. The van der Waals surface area contributed by atoms with Crippen molar-refractivity contribution in [2.24, 2.45) is 4.99 Å². The van der Waals surface area contributed by atoms with Crippen LogP contribution < -0.4 is 10.6 Å². The smallest absolute Gasteiger partial charge is 0.209 e. The number of para-hydroxylation sites is 1. The number of fused-ring (bicyclic) bond motifs is 1. The highest BCUT2D eigenvalue weighted by atomic mass is 32.2. The van der Waals surface area contributed by atoms with Crippen LogP contribution >= 0.6 is 0 Å². The van der Waals surface area contributed by atoms with Gasteiger partial charge in [0, 0.05) is 18.1 Å². The van der Waals surface area contributed by atoms with E-state index in [1.54, 1.807) is 0 Å². The topological polar surface area (TPSA) is 154 Å². The lowest BCUT2D eigenvalue weighted by molar-refractivity contribution is 0.560. The average Bonchev–Trinajstić information content (AvgIpc) is 3.24. The van der Waals surface area contributed by atoms with Gasteiger partial charge in [-0.05, 0) is 19.1 Å². The second-order valence-electron chi connectivity index (χ2n) is 6.11. The van der Waals surface area contributed by atoms with Gasteiger partial charge in [0.25, 0.3) is 0 Å². The van der Waals surface area contributed by atoms with Crippen LogP contribution in [-0.2, 0) is 11.1 Å². The van der Waals surface area contributed by atoms with E-state index in [-0.39, 0.29) is 10.8 Å². The maximum absolute atomic E-state index is 11.6. The largest absolute Gasteiger partial charge is 0.359 e. The Morgan fingerprint density at radius 2 is 1.93 bits per heavy atom. The molecule has 0 amide bonds. The van der Waals surface area contributed by atoms with Crippen molar-refractivity contribution in [3.63, 3.8) is 0 Å². The van der Waals surface area contributed by atoms with Crippen molar-refractivity contribution in [2.45, 2.75) is 18.0 Å². The number of nitrogens with one attached hydrogen (secondary N) is 3. The summed E-state index contributed by atoms with van der Waals surface area (Å²) in [5, 5.41) is 6.35. The molecule has 0 bridgehead atoms. The lowest BCUT2D eigenvalue weighted by Crippen LogP contribution is -2.32. The molecule has 4 rings (SSSR count). The van der Waals surface area contributed by atoms with Gasteiger partial charge in [0.2, 0.25) is 11.1 Å². The molecule has 4 aromatic rings. The minimum atomic E-state index is -2.33. The first kappa shape index (κ1) is 19.5. The minimum absolute atomic E-state index is 0.0415. The monoisotopic (exact) mass is 423 g/mol. The minimum Gasteiger partial charge on any atom is -0.359 e. The molecule has 4 N–H and O–H groups in total. The van der Waals surface area contributed by atoms with E-state index in [9.17, 15) is 8.76 Å². The molecule has 0 aliphatic heterocycles. The highest BCUT2D eigenvalue weighted by Gasteiger charge is 2.17. The van der Waals surface area contributed by atoms with Crippen LogP contribution in [0.15, 0.2) is 65.4 Å². The lowest BCUT2D eigenvalue weighted by atomic mass is 10.2. The lowest BCUT2D eigenvalue weighted by Gasteiger charge is -2.19. The summed E-state index contributed by atoms with van der Waals surface area (Å²) < 4.78 is 21.1. The number of imidazole rings is 1. The molecule has 3 heterocycles. The van der Waals surface area contributed by atoms with Gasteiger partial charge in [0.05, 0.1) is 12.4 Å². The Bertz CT molecular complexity index is 1210. The number of aromatic amines is 1. The molecule has 12 heteroatoms. The standard InChI is InChI=1S/C18H17N9O2S/c1-11(25-16-13-15(22-9-21-13)23-10-24-16)14(26-12-5-3-2-4-6-12)27-17-18(30(28)29)20-8-7-19-17/h2-11H,1H3,(H,28,29)(H,19,26,27)(H2,21,22,23,24,25). The van der Waals surface area contributed by atoms with Gasteiger partial charge in [-0.2, -0.15) is 0 Å². The Hall–Kier alpha value is -3.77. The van der Waals surface area contributed by atoms with Gasteiger partial charge < -0.3 is 20.2 Å². The molecule has 0 saturated carbocycles. The number of anilines is 2. The van der Waals surface area contributed by atoms with E-state index >= 15 is 0 Å². The zero-order valence-electron chi connectivity index (χ0n) is 15.7. The Kier molecular flexibility index (Phi) is 5.68. The summed E-state index contributed by atoms with van der Waals surface area (Å²) in [5.74, 6) is 1.03. The molecule has 2 atom stereocenters. The van der Waals surface area contributed by atoms with Crippen molar-refractivity contribution >= 4 is 45.4 Å². The maximum Gasteiger partial charge on any atom is 0.209 e. The number of rotatable bonds is 6. The summed E-state index contributed by atoms with van der Waals surface area (Å²) >= 11 is -2.33. The van der Waals surface area contributed by atoms with E-state index in [0.29, 0.717) is 22.8 Å². The highest BCUT2D eigenvalue weighted by molar-refractivity contribution is 7.79. The molecule has 2 unspecified atom stereocenters. The Morgan fingerprint density at radius 3 is 2.73 bits per heavy atom.